The molecule has 5 nitrogen and oxygen atoms in total. The highest BCUT2D eigenvalue weighted by Gasteiger charge is 2.29. The van der Waals surface area contributed by atoms with Crippen LogP contribution < -0.4 is 4.72 Å². The van der Waals surface area contributed by atoms with E-state index in [2.05, 4.69) is 20.7 Å². The van der Waals surface area contributed by atoms with Gasteiger partial charge in [0.2, 0.25) is 10.0 Å². The number of halogens is 2. The van der Waals surface area contributed by atoms with Crippen molar-refractivity contribution < 1.29 is 13.2 Å². The number of benzene rings is 1. The van der Waals surface area contributed by atoms with Crippen LogP contribution in [0.15, 0.2) is 39.7 Å². The SMILES string of the molecule is CCN(Cc1ccc(Cl)s1)C(=O)c1cc(S(=O)(=O)NC2CC2)ccc1Br. The Hall–Kier alpha value is -0.930. The van der Waals surface area contributed by atoms with Crippen LogP contribution in [0.1, 0.15) is 35.0 Å². The summed E-state index contributed by atoms with van der Waals surface area (Å²) in [6.45, 7) is 2.81. The molecular weight excluding hydrogens is 460 g/mol. The van der Waals surface area contributed by atoms with Crippen LogP contribution in [0.2, 0.25) is 4.34 Å². The lowest BCUT2D eigenvalue weighted by Gasteiger charge is -2.21. The van der Waals surface area contributed by atoms with Crippen LogP contribution in [0, 0.1) is 0 Å². The summed E-state index contributed by atoms with van der Waals surface area (Å²) >= 11 is 10.8. The molecule has 1 N–H and O–H groups in total. The Bertz CT molecular complexity index is 926. The fourth-order valence-electron chi connectivity index (χ4n) is 2.45. The van der Waals surface area contributed by atoms with Crippen molar-refractivity contribution in [2.45, 2.75) is 37.2 Å². The summed E-state index contributed by atoms with van der Waals surface area (Å²) in [6, 6.07) is 8.23. The monoisotopic (exact) mass is 476 g/mol. The minimum Gasteiger partial charge on any atom is -0.334 e. The number of hydrogen-bond donors (Lipinski definition) is 1. The Balaban J connectivity index is 1.86. The van der Waals surface area contributed by atoms with Gasteiger partial charge in [-0.1, -0.05) is 11.6 Å². The van der Waals surface area contributed by atoms with Gasteiger partial charge < -0.3 is 4.90 Å². The normalized spacial score (nSPS) is 14.4. The molecule has 0 bridgehead atoms. The van der Waals surface area contributed by atoms with Crippen molar-refractivity contribution in [2.24, 2.45) is 0 Å². The highest BCUT2D eigenvalue weighted by atomic mass is 79.9. The Labute approximate surface area is 170 Å². The van der Waals surface area contributed by atoms with Gasteiger partial charge in [0.15, 0.2) is 0 Å². The van der Waals surface area contributed by atoms with Gasteiger partial charge >= 0.3 is 0 Å². The van der Waals surface area contributed by atoms with E-state index in [-0.39, 0.29) is 16.8 Å². The number of thiophene rings is 1. The van der Waals surface area contributed by atoms with E-state index in [1.807, 2.05) is 13.0 Å². The van der Waals surface area contributed by atoms with Gasteiger partial charge in [-0.05, 0) is 66.0 Å². The molecule has 0 spiro atoms. The third-order valence-electron chi connectivity index (χ3n) is 4.02. The summed E-state index contributed by atoms with van der Waals surface area (Å²) in [5.41, 5.74) is 0.327. The van der Waals surface area contributed by atoms with E-state index in [1.165, 1.54) is 23.5 Å². The van der Waals surface area contributed by atoms with Gasteiger partial charge in [-0.25, -0.2) is 13.1 Å². The largest absolute Gasteiger partial charge is 0.334 e. The van der Waals surface area contributed by atoms with Crippen molar-refractivity contribution in [1.29, 1.82) is 0 Å². The molecule has 0 aliphatic heterocycles. The Kier molecular flexibility index (Phi) is 6.08. The van der Waals surface area contributed by atoms with E-state index in [4.69, 9.17) is 11.6 Å². The molecule has 2 aromatic rings. The molecule has 1 amide bonds. The number of carbonyl (C=O) groups is 1. The number of amides is 1. The molecular formula is C17H18BrClN2O3S2. The number of carbonyl (C=O) groups excluding carboxylic acids is 1. The van der Waals surface area contributed by atoms with E-state index >= 15 is 0 Å². The second-order valence-corrected chi connectivity index (χ2v) is 10.4. The van der Waals surface area contributed by atoms with E-state index < -0.39 is 10.0 Å². The number of nitrogens with zero attached hydrogens (tertiary/aromatic N) is 1. The van der Waals surface area contributed by atoms with Gasteiger partial charge in [-0.15, -0.1) is 11.3 Å². The molecule has 9 heteroatoms. The number of rotatable bonds is 7. The standard InChI is InChI=1S/C17H18BrClN2O3S2/c1-2-21(10-12-5-8-16(19)25-12)17(22)14-9-13(6-7-15(14)18)26(23,24)20-11-3-4-11/h5-9,11,20H,2-4,10H2,1H3. The first kappa shape index (κ1) is 19.8. The molecule has 1 saturated carbocycles. The highest BCUT2D eigenvalue weighted by molar-refractivity contribution is 9.10. The minimum atomic E-state index is -3.61. The van der Waals surface area contributed by atoms with Crippen LogP contribution in [0.3, 0.4) is 0 Å². The molecule has 0 saturated heterocycles. The summed E-state index contributed by atoms with van der Waals surface area (Å²) in [6.07, 6.45) is 1.71. The third kappa shape index (κ3) is 4.67. The molecule has 3 rings (SSSR count). The first-order valence-corrected chi connectivity index (χ1v) is 11.6. The highest BCUT2D eigenvalue weighted by Crippen LogP contribution is 2.27. The molecule has 140 valence electrons. The molecule has 0 atom stereocenters. The summed E-state index contributed by atoms with van der Waals surface area (Å²) in [5.74, 6) is -0.229. The Morgan fingerprint density at radius 3 is 2.65 bits per heavy atom. The van der Waals surface area contributed by atoms with Crippen LogP contribution >= 0.6 is 38.9 Å². The van der Waals surface area contributed by atoms with Gasteiger partial charge in [-0.3, -0.25) is 4.79 Å². The maximum absolute atomic E-state index is 13.0. The lowest BCUT2D eigenvalue weighted by Crippen LogP contribution is -2.31. The average Bonchev–Trinajstić information content (AvgIpc) is 3.30. The molecule has 1 aliphatic carbocycles. The first-order chi connectivity index (χ1) is 12.3. The van der Waals surface area contributed by atoms with Crippen molar-refractivity contribution in [3.63, 3.8) is 0 Å². The smallest absolute Gasteiger partial charge is 0.255 e. The zero-order chi connectivity index (χ0) is 18.9. The summed E-state index contributed by atoms with van der Waals surface area (Å²) in [4.78, 5) is 15.7. The Morgan fingerprint density at radius 2 is 2.08 bits per heavy atom. The minimum absolute atomic E-state index is 0.0125. The van der Waals surface area contributed by atoms with E-state index in [0.717, 1.165) is 17.7 Å². The number of hydrogen-bond acceptors (Lipinski definition) is 4. The molecule has 1 aliphatic rings. The molecule has 0 radical (unpaired) electrons. The molecule has 0 unspecified atom stereocenters. The first-order valence-electron chi connectivity index (χ1n) is 8.15. The Morgan fingerprint density at radius 1 is 1.35 bits per heavy atom. The molecule has 1 fully saturated rings. The maximum Gasteiger partial charge on any atom is 0.255 e. The van der Waals surface area contributed by atoms with Crippen molar-refractivity contribution in [2.75, 3.05) is 6.54 Å². The number of sulfonamides is 1. The van der Waals surface area contributed by atoms with Crippen molar-refractivity contribution in [3.05, 3.63) is 49.6 Å². The second kappa shape index (κ2) is 7.98. The van der Waals surface area contributed by atoms with Crippen LogP contribution in [-0.4, -0.2) is 31.8 Å². The van der Waals surface area contributed by atoms with Crippen LogP contribution in [-0.2, 0) is 16.6 Å². The van der Waals surface area contributed by atoms with Gasteiger partial charge in [-0.2, -0.15) is 0 Å². The van der Waals surface area contributed by atoms with Gasteiger partial charge in [0.05, 0.1) is 21.3 Å². The summed E-state index contributed by atoms with van der Waals surface area (Å²) in [7, 11) is -3.61. The van der Waals surface area contributed by atoms with E-state index in [9.17, 15) is 13.2 Å². The fourth-order valence-corrected chi connectivity index (χ4v) is 5.30. The topological polar surface area (TPSA) is 66.5 Å². The van der Waals surface area contributed by atoms with E-state index in [0.29, 0.717) is 27.5 Å². The lowest BCUT2D eigenvalue weighted by molar-refractivity contribution is 0.0753. The molecule has 1 aromatic carbocycles. The third-order valence-corrected chi connectivity index (χ3v) is 7.45. The van der Waals surface area contributed by atoms with Crippen molar-refractivity contribution in [3.8, 4) is 0 Å². The van der Waals surface area contributed by atoms with Crippen LogP contribution in [0.4, 0.5) is 0 Å². The predicted molar refractivity (Wildman–Crippen MR) is 107 cm³/mol. The number of nitrogens with one attached hydrogen (secondary N) is 1. The second-order valence-electron chi connectivity index (χ2n) is 6.06. The van der Waals surface area contributed by atoms with Gasteiger partial charge in [0.1, 0.15) is 0 Å². The maximum atomic E-state index is 13.0. The van der Waals surface area contributed by atoms with Crippen molar-refractivity contribution >= 4 is 54.8 Å². The summed E-state index contributed by atoms with van der Waals surface area (Å²) in [5, 5.41) is 0. The van der Waals surface area contributed by atoms with Crippen molar-refractivity contribution in [1.82, 2.24) is 9.62 Å². The molecule has 26 heavy (non-hydrogen) atoms. The zero-order valence-electron chi connectivity index (χ0n) is 14.0. The summed E-state index contributed by atoms with van der Waals surface area (Å²) < 4.78 is 28.7. The van der Waals surface area contributed by atoms with E-state index in [1.54, 1.807) is 17.0 Å². The zero-order valence-corrected chi connectivity index (χ0v) is 18.0. The fraction of sp³-hybridized carbons (Fsp3) is 0.353. The average molecular weight is 478 g/mol. The van der Waals surface area contributed by atoms with Crippen LogP contribution in [0.5, 0.6) is 0 Å². The van der Waals surface area contributed by atoms with Gasteiger partial charge in [0, 0.05) is 21.9 Å². The molecule has 1 heterocycles. The quantitative estimate of drug-likeness (QED) is 0.648. The lowest BCUT2D eigenvalue weighted by atomic mass is 10.2. The van der Waals surface area contributed by atoms with Gasteiger partial charge in [0.25, 0.3) is 5.91 Å². The van der Waals surface area contributed by atoms with Crippen LogP contribution in [0.25, 0.3) is 0 Å². The predicted octanol–water partition coefficient (Wildman–Crippen LogP) is 4.27. The molecule has 1 aromatic heterocycles.